The maximum absolute atomic E-state index is 12.2. The van der Waals surface area contributed by atoms with Crippen molar-refractivity contribution in [2.24, 2.45) is 5.92 Å². The fourth-order valence-corrected chi connectivity index (χ4v) is 3.55. The predicted molar refractivity (Wildman–Crippen MR) is 70.0 cm³/mol. The molecule has 6 heteroatoms. The topological polar surface area (TPSA) is 57.6 Å². The van der Waals surface area contributed by atoms with E-state index in [0.717, 1.165) is 0 Å². The lowest BCUT2D eigenvalue weighted by atomic mass is 9.85. The van der Waals surface area contributed by atoms with Gasteiger partial charge in [0.15, 0.2) is 0 Å². The van der Waals surface area contributed by atoms with Crippen LogP contribution in [0, 0.1) is 5.92 Å². The van der Waals surface area contributed by atoms with Gasteiger partial charge < -0.3 is 5.11 Å². The van der Waals surface area contributed by atoms with E-state index in [9.17, 15) is 13.5 Å². The number of benzene rings is 1. The average molecular weight is 290 g/mol. The first-order valence-electron chi connectivity index (χ1n) is 5.74. The van der Waals surface area contributed by atoms with E-state index in [4.69, 9.17) is 11.6 Å². The zero-order valence-corrected chi connectivity index (χ0v) is 11.9. The van der Waals surface area contributed by atoms with Crippen molar-refractivity contribution in [2.75, 3.05) is 13.1 Å². The molecule has 1 aromatic carbocycles. The number of hydrogen-bond donors (Lipinski definition) is 1. The number of nitrogens with zero attached hydrogens (tertiary/aromatic N) is 1. The molecule has 0 radical (unpaired) electrons. The Morgan fingerprint density at radius 3 is 2.22 bits per heavy atom. The Kier molecular flexibility index (Phi) is 3.44. The molecule has 1 heterocycles. The molecule has 0 unspecified atom stereocenters. The molecule has 1 aliphatic rings. The zero-order chi connectivity index (χ0) is 13.6. The number of rotatable bonds is 3. The molecule has 1 aromatic rings. The van der Waals surface area contributed by atoms with Crippen LogP contribution in [0.25, 0.3) is 0 Å². The lowest BCUT2D eigenvalue weighted by Crippen LogP contribution is -2.65. The Morgan fingerprint density at radius 1 is 1.28 bits per heavy atom. The van der Waals surface area contributed by atoms with Crippen molar-refractivity contribution in [3.05, 3.63) is 29.3 Å². The predicted octanol–water partition coefficient (Wildman–Crippen LogP) is 1.73. The van der Waals surface area contributed by atoms with Gasteiger partial charge in [-0.3, -0.25) is 0 Å². The molecule has 0 bridgehead atoms. The van der Waals surface area contributed by atoms with E-state index in [-0.39, 0.29) is 23.9 Å². The minimum absolute atomic E-state index is 0.0363. The number of halogens is 1. The Bertz CT molecular complexity index is 533. The van der Waals surface area contributed by atoms with E-state index in [1.54, 1.807) is 12.1 Å². The molecule has 18 heavy (non-hydrogen) atoms. The standard InChI is InChI=1S/C12H16ClNO3S/c1-9(2)12(15)7-14(8-12)18(16,17)11-5-3-10(13)4-6-11/h3-6,9,15H,7-8H2,1-2H3. The highest BCUT2D eigenvalue weighted by molar-refractivity contribution is 7.89. The van der Waals surface area contributed by atoms with Crippen LogP contribution in [0.3, 0.4) is 0 Å². The minimum atomic E-state index is -3.51. The molecule has 1 N–H and O–H groups in total. The van der Waals surface area contributed by atoms with Gasteiger partial charge in [-0.1, -0.05) is 25.4 Å². The highest BCUT2D eigenvalue weighted by Crippen LogP contribution is 2.33. The van der Waals surface area contributed by atoms with Crippen LogP contribution in [-0.2, 0) is 10.0 Å². The molecule has 0 aromatic heterocycles. The lowest BCUT2D eigenvalue weighted by Gasteiger charge is -2.47. The molecule has 0 aliphatic carbocycles. The van der Waals surface area contributed by atoms with Crippen molar-refractivity contribution < 1.29 is 13.5 Å². The maximum atomic E-state index is 12.2. The van der Waals surface area contributed by atoms with E-state index in [0.29, 0.717) is 5.02 Å². The summed E-state index contributed by atoms with van der Waals surface area (Å²) in [6.07, 6.45) is 0. The van der Waals surface area contributed by atoms with E-state index in [2.05, 4.69) is 0 Å². The van der Waals surface area contributed by atoms with E-state index in [1.165, 1.54) is 16.4 Å². The van der Waals surface area contributed by atoms with Gasteiger partial charge in [0.2, 0.25) is 10.0 Å². The molecule has 0 atom stereocenters. The lowest BCUT2D eigenvalue weighted by molar-refractivity contribution is -0.0932. The SMILES string of the molecule is CC(C)C1(O)CN(S(=O)(=O)c2ccc(Cl)cc2)C1. The number of sulfonamides is 1. The third-order valence-corrected chi connectivity index (χ3v) is 5.48. The zero-order valence-electron chi connectivity index (χ0n) is 10.3. The van der Waals surface area contributed by atoms with Crippen LogP contribution in [0.2, 0.25) is 5.02 Å². The number of β-amino-alcohol motifs (C(OH)–C–C–N with tert-alkyl or cyclic N) is 1. The monoisotopic (exact) mass is 289 g/mol. The van der Waals surface area contributed by atoms with Crippen molar-refractivity contribution in [3.8, 4) is 0 Å². The van der Waals surface area contributed by atoms with Gasteiger partial charge >= 0.3 is 0 Å². The van der Waals surface area contributed by atoms with Crippen molar-refractivity contribution in [2.45, 2.75) is 24.3 Å². The molecule has 100 valence electrons. The number of aliphatic hydroxyl groups is 1. The molecule has 0 amide bonds. The highest BCUT2D eigenvalue weighted by Gasteiger charge is 2.48. The molecule has 1 fully saturated rings. The molecule has 4 nitrogen and oxygen atoms in total. The highest BCUT2D eigenvalue weighted by atomic mass is 35.5. The van der Waals surface area contributed by atoms with E-state index >= 15 is 0 Å². The van der Waals surface area contributed by atoms with Gasteiger partial charge in [0.1, 0.15) is 0 Å². The summed E-state index contributed by atoms with van der Waals surface area (Å²) in [5, 5.41) is 10.6. The largest absolute Gasteiger partial charge is 0.387 e. The van der Waals surface area contributed by atoms with Crippen LogP contribution in [0.5, 0.6) is 0 Å². The molecule has 1 saturated heterocycles. The molecule has 0 spiro atoms. The van der Waals surface area contributed by atoms with Gasteiger partial charge in [-0.15, -0.1) is 0 Å². The fourth-order valence-electron chi connectivity index (χ4n) is 1.86. The van der Waals surface area contributed by atoms with Gasteiger partial charge in [0, 0.05) is 18.1 Å². The molecule has 2 rings (SSSR count). The van der Waals surface area contributed by atoms with Crippen LogP contribution in [0.1, 0.15) is 13.8 Å². The first-order valence-corrected chi connectivity index (χ1v) is 7.55. The van der Waals surface area contributed by atoms with Crippen molar-refractivity contribution in [1.82, 2.24) is 4.31 Å². The van der Waals surface area contributed by atoms with Gasteiger partial charge in [0.25, 0.3) is 0 Å². The summed E-state index contributed by atoms with van der Waals surface area (Å²) in [5.41, 5.74) is -0.903. The molecular weight excluding hydrogens is 274 g/mol. The normalized spacial score (nSPS) is 19.8. The Morgan fingerprint density at radius 2 is 1.78 bits per heavy atom. The third-order valence-electron chi connectivity index (χ3n) is 3.43. The van der Waals surface area contributed by atoms with Crippen LogP contribution in [0.4, 0.5) is 0 Å². The van der Waals surface area contributed by atoms with E-state index in [1.807, 2.05) is 13.8 Å². The molecule has 1 aliphatic heterocycles. The Labute approximate surface area is 112 Å². The second-order valence-electron chi connectivity index (χ2n) is 4.99. The Balaban J connectivity index is 2.18. The van der Waals surface area contributed by atoms with Crippen LogP contribution >= 0.6 is 11.6 Å². The first kappa shape index (κ1) is 13.8. The third kappa shape index (κ3) is 2.28. The summed E-state index contributed by atoms with van der Waals surface area (Å²) in [5.74, 6) is 0.0363. The first-order chi connectivity index (χ1) is 8.25. The quantitative estimate of drug-likeness (QED) is 0.922. The summed E-state index contributed by atoms with van der Waals surface area (Å²) in [4.78, 5) is 0.206. The van der Waals surface area contributed by atoms with Crippen LogP contribution in [0.15, 0.2) is 29.2 Å². The van der Waals surface area contributed by atoms with Gasteiger partial charge in [-0.05, 0) is 30.2 Å². The van der Waals surface area contributed by atoms with Crippen LogP contribution < -0.4 is 0 Å². The van der Waals surface area contributed by atoms with Gasteiger partial charge in [-0.2, -0.15) is 4.31 Å². The van der Waals surface area contributed by atoms with E-state index < -0.39 is 15.6 Å². The summed E-state index contributed by atoms with van der Waals surface area (Å²) >= 11 is 5.73. The maximum Gasteiger partial charge on any atom is 0.243 e. The Hall–Kier alpha value is -0.620. The smallest absolute Gasteiger partial charge is 0.243 e. The van der Waals surface area contributed by atoms with Gasteiger partial charge in [-0.25, -0.2) is 8.42 Å². The second-order valence-corrected chi connectivity index (χ2v) is 7.36. The summed E-state index contributed by atoms with van der Waals surface area (Å²) < 4.78 is 25.7. The molecular formula is C12H16ClNO3S. The fraction of sp³-hybridized carbons (Fsp3) is 0.500. The van der Waals surface area contributed by atoms with Crippen molar-refractivity contribution in [3.63, 3.8) is 0 Å². The summed E-state index contributed by atoms with van der Waals surface area (Å²) in [7, 11) is -3.51. The van der Waals surface area contributed by atoms with Crippen molar-refractivity contribution in [1.29, 1.82) is 0 Å². The average Bonchev–Trinajstić information content (AvgIpc) is 2.25. The molecule has 0 saturated carbocycles. The van der Waals surface area contributed by atoms with Crippen molar-refractivity contribution >= 4 is 21.6 Å². The van der Waals surface area contributed by atoms with Crippen LogP contribution in [-0.4, -0.2) is 36.5 Å². The summed E-state index contributed by atoms with van der Waals surface area (Å²) in [6, 6.07) is 6.04. The number of hydrogen-bond acceptors (Lipinski definition) is 3. The second kappa shape index (κ2) is 4.49. The van der Waals surface area contributed by atoms with Gasteiger partial charge in [0.05, 0.1) is 10.5 Å². The minimum Gasteiger partial charge on any atom is -0.387 e. The summed E-state index contributed by atoms with van der Waals surface area (Å²) in [6.45, 7) is 4.06.